The van der Waals surface area contributed by atoms with Crippen molar-refractivity contribution in [3.8, 4) is 0 Å². The van der Waals surface area contributed by atoms with Gasteiger partial charge < -0.3 is 5.11 Å². The van der Waals surface area contributed by atoms with Gasteiger partial charge in [-0.1, -0.05) is 11.6 Å². The summed E-state index contributed by atoms with van der Waals surface area (Å²) >= 11 is 0. The lowest BCUT2D eigenvalue weighted by Gasteiger charge is -2.46. The molecule has 0 aromatic carbocycles. The lowest BCUT2D eigenvalue weighted by atomic mass is 9.80. The summed E-state index contributed by atoms with van der Waals surface area (Å²) in [5, 5.41) is 9.11. The highest BCUT2D eigenvalue weighted by atomic mass is 16.3. The zero-order valence-corrected chi connectivity index (χ0v) is 7.66. The second kappa shape index (κ2) is 3.19. The minimum atomic E-state index is 0.341. The van der Waals surface area contributed by atoms with Crippen molar-refractivity contribution in [2.45, 2.75) is 25.8 Å². The molecule has 0 saturated carbocycles. The van der Waals surface area contributed by atoms with Gasteiger partial charge in [0.1, 0.15) is 0 Å². The van der Waals surface area contributed by atoms with E-state index >= 15 is 0 Å². The van der Waals surface area contributed by atoms with Crippen LogP contribution in [0.25, 0.3) is 0 Å². The van der Waals surface area contributed by atoms with E-state index in [4.69, 9.17) is 5.11 Å². The third-order valence-corrected chi connectivity index (χ3v) is 3.33. The van der Waals surface area contributed by atoms with Gasteiger partial charge in [-0.15, -0.1) is 0 Å². The minimum Gasteiger partial charge on any atom is -0.395 e. The molecular formula is C10H17NO. The molecule has 0 radical (unpaired) electrons. The fourth-order valence-electron chi connectivity index (χ4n) is 2.53. The Hall–Kier alpha value is -0.340. The fourth-order valence-corrected chi connectivity index (χ4v) is 2.53. The van der Waals surface area contributed by atoms with Crippen molar-refractivity contribution in [1.29, 1.82) is 0 Å². The van der Waals surface area contributed by atoms with Crippen molar-refractivity contribution in [3.63, 3.8) is 0 Å². The molecule has 2 bridgehead atoms. The maximum absolute atomic E-state index is 9.11. The SMILES string of the molecule is C/C=C1/CN2CC[C@H]1C[C@@H]2CO. The molecule has 3 saturated heterocycles. The molecule has 2 heteroatoms. The number of nitrogens with zero attached hydrogens (tertiary/aromatic N) is 1. The van der Waals surface area contributed by atoms with Crippen LogP contribution in [0.15, 0.2) is 11.6 Å². The van der Waals surface area contributed by atoms with Crippen LogP contribution in [-0.2, 0) is 0 Å². The Morgan fingerprint density at radius 3 is 3.00 bits per heavy atom. The van der Waals surface area contributed by atoms with Gasteiger partial charge in [0.15, 0.2) is 0 Å². The molecule has 2 nitrogen and oxygen atoms in total. The van der Waals surface area contributed by atoms with Crippen molar-refractivity contribution in [3.05, 3.63) is 11.6 Å². The van der Waals surface area contributed by atoms with Gasteiger partial charge in [-0.05, 0) is 32.2 Å². The van der Waals surface area contributed by atoms with Crippen LogP contribution < -0.4 is 0 Å². The molecule has 3 fully saturated rings. The number of aliphatic hydroxyl groups excluding tert-OH is 1. The van der Waals surface area contributed by atoms with E-state index in [1.54, 1.807) is 5.57 Å². The van der Waals surface area contributed by atoms with Crippen molar-refractivity contribution >= 4 is 0 Å². The van der Waals surface area contributed by atoms with Crippen LogP contribution >= 0.6 is 0 Å². The number of piperidine rings is 3. The van der Waals surface area contributed by atoms with Gasteiger partial charge in [-0.2, -0.15) is 0 Å². The Bertz CT molecular complexity index is 200. The lowest BCUT2D eigenvalue weighted by molar-refractivity contribution is 0.0494. The summed E-state index contributed by atoms with van der Waals surface area (Å²) in [4.78, 5) is 2.41. The van der Waals surface area contributed by atoms with Crippen molar-refractivity contribution in [2.24, 2.45) is 5.92 Å². The standard InChI is InChI=1S/C10H17NO/c1-2-8-6-11-4-3-9(8)5-10(11)7-12/h2,9-10,12H,3-7H2,1H3/b8-2-/t9-,10+/m0/s1. The molecule has 3 rings (SSSR count). The van der Waals surface area contributed by atoms with Gasteiger partial charge in [0.05, 0.1) is 6.61 Å². The summed E-state index contributed by atoms with van der Waals surface area (Å²) in [6.07, 6.45) is 4.73. The highest BCUT2D eigenvalue weighted by Crippen LogP contribution is 2.35. The second-order valence-corrected chi connectivity index (χ2v) is 3.89. The maximum atomic E-state index is 9.11. The predicted molar refractivity (Wildman–Crippen MR) is 48.9 cm³/mol. The lowest BCUT2D eigenvalue weighted by Crippen LogP contribution is -2.51. The molecule has 1 unspecified atom stereocenters. The van der Waals surface area contributed by atoms with E-state index in [0.29, 0.717) is 12.6 Å². The summed E-state index contributed by atoms with van der Waals surface area (Å²) < 4.78 is 0. The molecule has 0 aromatic rings. The van der Waals surface area contributed by atoms with E-state index in [9.17, 15) is 0 Å². The minimum absolute atomic E-state index is 0.341. The van der Waals surface area contributed by atoms with Gasteiger partial charge in [0.2, 0.25) is 0 Å². The van der Waals surface area contributed by atoms with E-state index < -0.39 is 0 Å². The van der Waals surface area contributed by atoms with Gasteiger partial charge in [0, 0.05) is 12.6 Å². The first-order chi connectivity index (χ1) is 5.85. The fraction of sp³-hybridized carbons (Fsp3) is 0.800. The number of hydrogen-bond donors (Lipinski definition) is 1. The van der Waals surface area contributed by atoms with Crippen molar-refractivity contribution < 1.29 is 5.11 Å². The van der Waals surface area contributed by atoms with Crippen molar-refractivity contribution in [1.82, 2.24) is 4.90 Å². The van der Waals surface area contributed by atoms with Crippen molar-refractivity contribution in [2.75, 3.05) is 19.7 Å². The molecule has 3 aliphatic rings. The maximum Gasteiger partial charge on any atom is 0.0587 e. The van der Waals surface area contributed by atoms with E-state index in [-0.39, 0.29) is 0 Å². The third kappa shape index (κ3) is 1.19. The average molecular weight is 167 g/mol. The number of fused-ring (bicyclic) bond motifs is 3. The van der Waals surface area contributed by atoms with Gasteiger partial charge in [0.25, 0.3) is 0 Å². The van der Waals surface area contributed by atoms with Gasteiger partial charge in [-0.3, -0.25) is 4.90 Å². The van der Waals surface area contributed by atoms with E-state index in [1.807, 2.05) is 0 Å². The Kier molecular flexibility index (Phi) is 2.20. The monoisotopic (exact) mass is 167 g/mol. The second-order valence-electron chi connectivity index (χ2n) is 3.89. The van der Waals surface area contributed by atoms with Crippen LogP contribution in [0, 0.1) is 5.92 Å². The predicted octanol–water partition coefficient (Wildman–Crippen LogP) is 1.02. The summed E-state index contributed by atoms with van der Waals surface area (Å²) in [7, 11) is 0. The highest BCUT2D eigenvalue weighted by Gasteiger charge is 2.35. The molecule has 12 heavy (non-hydrogen) atoms. The van der Waals surface area contributed by atoms with E-state index in [2.05, 4.69) is 17.9 Å². The van der Waals surface area contributed by atoms with Crippen LogP contribution in [0.1, 0.15) is 19.8 Å². The zero-order valence-electron chi connectivity index (χ0n) is 7.66. The highest BCUT2D eigenvalue weighted by molar-refractivity contribution is 5.15. The zero-order chi connectivity index (χ0) is 8.55. The molecule has 3 heterocycles. The molecule has 3 aliphatic heterocycles. The Morgan fingerprint density at radius 2 is 2.50 bits per heavy atom. The molecule has 0 amide bonds. The van der Waals surface area contributed by atoms with Crippen LogP contribution in [0.4, 0.5) is 0 Å². The molecule has 0 aliphatic carbocycles. The molecule has 3 atom stereocenters. The smallest absolute Gasteiger partial charge is 0.0587 e. The number of rotatable bonds is 1. The summed E-state index contributed by atoms with van der Waals surface area (Å²) in [5.41, 5.74) is 1.59. The molecule has 1 N–H and O–H groups in total. The van der Waals surface area contributed by atoms with Crippen LogP contribution in [0.2, 0.25) is 0 Å². The Labute approximate surface area is 73.9 Å². The molecule has 68 valence electrons. The average Bonchev–Trinajstić information content (AvgIpc) is 2.18. The Morgan fingerprint density at radius 1 is 1.67 bits per heavy atom. The first-order valence-electron chi connectivity index (χ1n) is 4.85. The third-order valence-electron chi connectivity index (χ3n) is 3.33. The molecule has 0 aromatic heterocycles. The topological polar surface area (TPSA) is 23.5 Å². The van der Waals surface area contributed by atoms with Gasteiger partial charge in [-0.25, -0.2) is 0 Å². The summed E-state index contributed by atoms with van der Waals surface area (Å²) in [5.74, 6) is 0.775. The number of allylic oxidation sites excluding steroid dienone is 1. The Balaban J connectivity index is 2.11. The van der Waals surface area contributed by atoms with Gasteiger partial charge >= 0.3 is 0 Å². The number of hydrogen-bond acceptors (Lipinski definition) is 2. The quantitative estimate of drug-likeness (QED) is 0.589. The first-order valence-corrected chi connectivity index (χ1v) is 4.85. The first kappa shape index (κ1) is 8.27. The van der Waals surface area contributed by atoms with E-state index in [0.717, 1.165) is 12.5 Å². The number of aliphatic hydroxyl groups is 1. The molecular weight excluding hydrogens is 150 g/mol. The van der Waals surface area contributed by atoms with E-state index in [1.165, 1.54) is 19.4 Å². The normalized spacial score (nSPS) is 43.8. The largest absolute Gasteiger partial charge is 0.395 e. The summed E-state index contributed by atoms with van der Waals surface area (Å²) in [6.45, 7) is 4.76. The van der Waals surface area contributed by atoms with Crippen LogP contribution in [-0.4, -0.2) is 35.7 Å². The molecule has 0 spiro atoms. The van der Waals surface area contributed by atoms with Crippen LogP contribution in [0.3, 0.4) is 0 Å². The van der Waals surface area contributed by atoms with Crippen LogP contribution in [0.5, 0.6) is 0 Å². The summed E-state index contributed by atoms with van der Waals surface area (Å²) in [6, 6.07) is 0.451.